The van der Waals surface area contributed by atoms with Gasteiger partial charge in [0.25, 0.3) is 0 Å². The van der Waals surface area contributed by atoms with E-state index in [9.17, 15) is 4.79 Å². The number of alkyl halides is 1. The first-order valence-corrected chi connectivity index (χ1v) is 3.50. The maximum absolute atomic E-state index is 10.0. The summed E-state index contributed by atoms with van der Waals surface area (Å²) in [7, 11) is 0. The first-order valence-electron chi connectivity index (χ1n) is 2.59. The molecule has 0 saturated carbocycles. The number of halogens is 2. The van der Waals surface area contributed by atoms with Gasteiger partial charge in [-0.1, -0.05) is 0 Å². The third-order valence-corrected chi connectivity index (χ3v) is 1.01. The van der Waals surface area contributed by atoms with Crippen molar-refractivity contribution in [2.24, 2.45) is 0 Å². The molecule has 0 spiro atoms. The van der Waals surface area contributed by atoms with Crippen LogP contribution in [-0.2, 0) is 9.53 Å². The summed E-state index contributed by atoms with van der Waals surface area (Å²) in [5.74, 6) is 0.552. The second-order valence-electron chi connectivity index (χ2n) is 1.45. The highest BCUT2D eigenvalue weighted by Crippen LogP contribution is 1.87. The first kappa shape index (κ1) is 9.21. The Morgan fingerprint density at radius 3 is 2.67 bits per heavy atom. The van der Waals surface area contributed by atoms with Crippen molar-refractivity contribution in [2.75, 3.05) is 19.1 Å². The second kappa shape index (κ2) is 6.33. The van der Waals surface area contributed by atoms with Gasteiger partial charge in [-0.2, -0.15) is 0 Å². The number of hydrogen-bond acceptors (Lipinski definition) is 2. The van der Waals surface area contributed by atoms with Gasteiger partial charge in [0.2, 0.25) is 5.24 Å². The molecule has 0 atom stereocenters. The van der Waals surface area contributed by atoms with Crippen LogP contribution in [0.4, 0.5) is 0 Å². The Kier molecular flexibility index (Phi) is 6.48. The zero-order valence-corrected chi connectivity index (χ0v) is 6.41. The van der Waals surface area contributed by atoms with Crippen LogP contribution in [0.15, 0.2) is 0 Å². The zero-order chi connectivity index (χ0) is 7.11. The van der Waals surface area contributed by atoms with E-state index in [0.29, 0.717) is 12.5 Å². The number of hydrogen-bond donors (Lipinski definition) is 0. The fraction of sp³-hybridized carbons (Fsp3) is 0.800. The summed E-state index contributed by atoms with van der Waals surface area (Å²) in [4.78, 5) is 10.0. The predicted molar refractivity (Wildman–Crippen MR) is 37.0 cm³/mol. The van der Waals surface area contributed by atoms with Crippen molar-refractivity contribution in [2.45, 2.75) is 6.42 Å². The van der Waals surface area contributed by atoms with Gasteiger partial charge in [-0.15, -0.1) is 11.6 Å². The molecule has 0 bridgehead atoms. The molecular weight excluding hydrogens is 163 g/mol. The molecule has 4 heteroatoms. The van der Waals surface area contributed by atoms with Gasteiger partial charge in [0.1, 0.15) is 6.61 Å². The zero-order valence-electron chi connectivity index (χ0n) is 4.90. The Bertz CT molecular complexity index is 85.0. The van der Waals surface area contributed by atoms with Crippen LogP contribution in [0.3, 0.4) is 0 Å². The summed E-state index contributed by atoms with van der Waals surface area (Å²) in [6.07, 6.45) is 0.756. The van der Waals surface area contributed by atoms with Crippen LogP contribution >= 0.6 is 23.2 Å². The normalized spacial score (nSPS) is 9.56. The number of carbonyl (C=O) groups excluding carboxylic acids is 1. The highest BCUT2D eigenvalue weighted by atomic mass is 35.5. The van der Waals surface area contributed by atoms with E-state index in [-0.39, 0.29) is 6.61 Å². The van der Waals surface area contributed by atoms with E-state index in [1.54, 1.807) is 0 Å². The average molecular weight is 171 g/mol. The summed E-state index contributed by atoms with van der Waals surface area (Å²) in [6, 6.07) is 0. The fourth-order valence-electron chi connectivity index (χ4n) is 0.309. The average Bonchev–Trinajstić information content (AvgIpc) is 1.80. The first-order chi connectivity index (χ1) is 4.27. The molecule has 0 aromatic heterocycles. The van der Waals surface area contributed by atoms with Gasteiger partial charge in [0.15, 0.2) is 0 Å². The maximum Gasteiger partial charge on any atom is 0.247 e. The highest BCUT2D eigenvalue weighted by molar-refractivity contribution is 6.63. The molecule has 0 unspecified atom stereocenters. The van der Waals surface area contributed by atoms with E-state index in [1.807, 2.05) is 0 Å². The molecule has 0 aliphatic rings. The lowest BCUT2D eigenvalue weighted by molar-refractivity contribution is -0.115. The van der Waals surface area contributed by atoms with E-state index in [4.69, 9.17) is 27.9 Å². The summed E-state index contributed by atoms with van der Waals surface area (Å²) in [6.45, 7) is 0.487. The van der Waals surface area contributed by atoms with E-state index in [0.717, 1.165) is 6.42 Å². The molecule has 0 heterocycles. The van der Waals surface area contributed by atoms with Gasteiger partial charge in [-0.05, 0) is 18.0 Å². The van der Waals surface area contributed by atoms with Gasteiger partial charge in [0, 0.05) is 12.5 Å². The van der Waals surface area contributed by atoms with Crippen molar-refractivity contribution >= 4 is 28.4 Å². The molecule has 0 aromatic carbocycles. The smallest absolute Gasteiger partial charge is 0.247 e. The third kappa shape index (κ3) is 8.21. The molecular formula is C5H8Cl2O2. The van der Waals surface area contributed by atoms with E-state index in [1.165, 1.54) is 0 Å². The molecule has 9 heavy (non-hydrogen) atoms. The molecule has 0 radical (unpaired) electrons. The van der Waals surface area contributed by atoms with E-state index >= 15 is 0 Å². The Labute approximate surface area is 64.1 Å². The van der Waals surface area contributed by atoms with E-state index < -0.39 is 5.24 Å². The summed E-state index contributed by atoms with van der Waals surface area (Å²) >= 11 is 10.3. The largest absolute Gasteiger partial charge is 0.372 e. The standard InChI is InChI=1S/C5H8Cl2O2/c6-2-1-3-9-4-5(7)8/h1-4H2. The molecule has 0 aliphatic heterocycles. The Morgan fingerprint density at radius 2 is 2.22 bits per heavy atom. The molecule has 0 fully saturated rings. The van der Waals surface area contributed by atoms with Crippen molar-refractivity contribution in [1.29, 1.82) is 0 Å². The Morgan fingerprint density at radius 1 is 1.56 bits per heavy atom. The molecule has 0 N–H and O–H groups in total. The van der Waals surface area contributed by atoms with Crippen molar-refractivity contribution in [1.82, 2.24) is 0 Å². The maximum atomic E-state index is 10.0. The minimum Gasteiger partial charge on any atom is -0.372 e. The third-order valence-electron chi connectivity index (χ3n) is 0.638. The van der Waals surface area contributed by atoms with Crippen molar-refractivity contribution in [3.8, 4) is 0 Å². The molecule has 0 amide bonds. The van der Waals surface area contributed by atoms with Crippen molar-refractivity contribution in [3.05, 3.63) is 0 Å². The van der Waals surface area contributed by atoms with Crippen LogP contribution in [0.25, 0.3) is 0 Å². The molecule has 0 aromatic rings. The Balaban J connectivity index is 2.83. The molecule has 0 aliphatic carbocycles. The van der Waals surface area contributed by atoms with Gasteiger partial charge in [-0.25, -0.2) is 0 Å². The van der Waals surface area contributed by atoms with Gasteiger partial charge in [-0.3, -0.25) is 4.79 Å². The lowest BCUT2D eigenvalue weighted by atomic mass is 10.5. The number of rotatable bonds is 5. The van der Waals surface area contributed by atoms with Gasteiger partial charge >= 0.3 is 0 Å². The van der Waals surface area contributed by atoms with Crippen LogP contribution in [0.2, 0.25) is 0 Å². The van der Waals surface area contributed by atoms with Crippen molar-refractivity contribution < 1.29 is 9.53 Å². The Hall–Kier alpha value is 0.210. The number of carbonyl (C=O) groups is 1. The minimum absolute atomic E-state index is 0.0154. The monoisotopic (exact) mass is 170 g/mol. The second-order valence-corrected chi connectivity index (χ2v) is 2.25. The lowest BCUT2D eigenvalue weighted by Gasteiger charge is -1.95. The lowest BCUT2D eigenvalue weighted by Crippen LogP contribution is -2.02. The quantitative estimate of drug-likeness (QED) is 0.355. The SMILES string of the molecule is O=C(Cl)COCCCCl. The van der Waals surface area contributed by atoms with Crippen LogP contribution in [0, 0.1) is 0 Å². The molecule has 0 saturated heterocycles. The van der Waals surface area contributed by atoms with Crippen LogP contribution < -0.4 is 0 Å². The topological polar surface area (TPSA) is 26.3 Å². The van der Waals surface area contributed by atoms with Crippen LogP contribution in [0.1, 0.15) is 6.42 Å². The summed E-state index contributed by atoms with van der Waals surface area (Å²) in [5.41, 5.74) is 0. The predicted octanol–water partition coefficient (Wildman–Crippen LogP) is 1.40. The van der Waals surface area contributed by atoms with E-state index in [2.05, 4.69) is 0 Å². The van der Waals surface area contributed by atoms with Gasteiger partial charge < -0.3 is 4.74 Å². The molecule has 0 rings (SSSR count). The van der Waals surface area contributed by atoms with Crippen LogP contribution in [-0.4, -0.2) is 24.3 Å². The highest BCUT2D eigenvalue weighted by Gasteiger charge is 1.93. The molecule has 2 nitrogen and oxygen atoms in total. The van der Waals surface area contributed by atoms with Crippen LogP contribution in [0.5, 0.6) is 0 Å². The minimum atomic E-state index is -0.468. The van der Waals surface area contributed by atoms with Crippen molar-refractivity contribution in [3.63, 3.8) is 0 Å². The molecule has 54 valence electrons. The number of ether oxygens (including phenoxy) is 1. The summed E-state index contributed by atoms with van der Waals surface area (Å²) < 4.78 is 4.77. The summed E-state index contributed by atoms with van der Waals surface area (Å²) in [5, 5.41) is -0.468. The van der Waals surface area contributed by atoms with Gasteiger partial charge in [0.05, 0.1) is 0 Å². The fourth-order valence-corrected chi connectivity index (χ4v) is 0.495.